The summed E-state index contributed by atoms with van der Waals surface area (Å²) in [7, 11) is 5.82. The summed E-state index contributed by atoms with van der Waals surface area (Å²) in [6.07, 6.45) is 2.20. The lowest BCUT2D eigenvalue weighted by Gasteiger charge is -2.15. The van der Waals surface area contributed by atoms with Crippen LogP contribution >= 0.6 is 0 Å². The van der Waals surface area contributed by atoms with Gasteiger partial charge in [-0.05, 0) is 50.0 Å². The van der Waals surface area contributed by atoms with Gasteiger partial charge in [0, 0.05) is 17.7 Å². The van der Waals surface area contributed by atoms with Gasteiger partial charge in [-0.2, -0.15) is 0 Å². The molecule has 108 valence electrons. The molecule has 0 aliphatic carbocycles. The summed E-state index contributed by atoms with van der Waals surface area (Å²) in [5.74, 6) is 2.60. The van der Waals surface area contributed by atoms with E-state index in [4.69, 9.17) is 9.47 Å². The van der Waals surface area contributed by atoms with Gasteiger partial charge in [0.25, 0.3) is 0 Å². The molecule has 0 N–H and O–H groups in total. The van der Waals surface area contributed by atoms with Crippen LogP contribution in [0.5, 0.6) is 17.2 Å². The summed E-state index contributed by atoms with van der Waals surface area (Å²) in [6.45, 7) is 0.845. The molecule has 2 aromatic rings. The first kappa shape index (κ1) is 13.7. The van der Waals surface area contributed by atoms with Gasteiger partial charge in [-0.25, -0.2) is 0 Å². The quantitative estimate of drug-likeness (QED) is 0.851. The van der Waals surface area contributed by atoms with Gasteiger partial charge in [0.05, 0.1) is 7.11 Å². The molecule has 0 unspecified atom stereocenters. The SMILES string of the molecule is COc1ccc2c(c1)C(CN(C)C)=Cc1ccccc1O2. The van der Waals surface area contributed by atoms with Crippen LogP contribution in [0.15, 0.2) is 42.5 Å². The average molecular weight is 281 g/mol. The van der Waals surface area contributed by atoms with Crippen molar-refractivity contribution in [3.05, 3.63) is 53.6 Å². The smallest absolute Gasteiger partial charge is 0.135 e. The number of para-hydroxylation sites is 1. The molecule has 1 aliphatic heterocycles. The van der Waals surface area contributed by atoms with Crippen molar-refractivity contribution in [1.29, 1.82) is 0 Å². The van der Waals surface area contributed by atoms with Crippen molar-refractivity contribution in [1.82, 2.24) is 4.90 Å². The van der Waals surface area contributed by atoms with Crippen LogP contribution in [-0.4, -0.2) is 32.6 Å². The highest BCUT2D eigenvalue weighted by atomic mass is 16.5. The van der Waals surface area contributed by atoms with E-state index < -0.39 is 0 Å². The Labute approximate surface area is 125 Å². The van der Waals surface area contributed by atoms with Gasteiger partial charge in [0.2, 0.25) is 0 Å². The number of nitrogens with zero attached hydrogens (tertiary/aromatic N) is 1. The maximum Gasteiger partial charge on any atom is 0.135 e. The number of ether oxygens (including phenoxy) is 2. The Hall–Kier alpha value is -2.26. The molecule has 0 fully saturated rings. The van der Waals surface area contributed by atoms with Crippen LogP contribution in [0.4, 0.5) is 0 Å². The zero-order valence-electron chi connectivity index (χ0n) is 12.6. The van der Waals surface area contributed by atoms with Crippen LogP contribution in [0, 0.1) is 0 Å². The van der Waals surface area contributed by atoms with Gasteiger partial charge in [0.1, 0.15) is 17.2 Å². The van der Waals surface area contributed by atoms with Gasteiger partial charge < -0.3 is 14.4 Å². The molecule has 3 rings (SSSR count). The van der Waals surface area contributed by atoms with Crippen molar-refractivity contribution in [2.75, 3.05) is 27.7 Å². The second kappa shape index (κ2) is 5.62. The predicted octanol–water partition coefficient (Wildman–Crippen LogP) is 3.90. The molecule has 0 amide bonds. The Morgan fingerprint density at radius 3 is 2.62 bits per heavy atom. The highest BCUT2D eigenvalue weighted by Crippen LogP contribution is 2.39. The third-order valence-corrected chi connectivity index (χ3v) is 3.49. The summed E-state index contributed by atoms with van der Waals surface area (Å²) < 4.78 is 11.4. The third kappa shape index (κ3) is 2.78. The minimum absolute atomic E-state index is 0.841. The number of benzene rings is 2. The Morgan fingerprint density at radius 1 is 1.05 bits per heavy atom. The van der Waals surface area contributed by atoms with E-state index in [1.165, 1.54) is 5.57 Å². The fourth-order valence-corrected chi connectivity index (χ4v) is 2.52. The van der Waals surface area contributed by atoms with Crippen LogP contribution < -0.4 is 9.47 Å². The summed E-state index contributed by atoms with van der Waals surface area (Å²) in [4.78, 5) is 2.16. The summed E-state index contributed by atoms with van der Waals surface area (Å²) in [5.41, 5.74) is 3.41. The average Bonchev–Trinajstić information content (AvgIpc) is 2.62. The van der Waals surface area contributed by atoms with Gasteiger partial charge in [-0.3, -0.25) is 0 Å². The molecule has 0 spiro atoms. The zero-order chi connectivity index (χ0) is 14.8. The van der Waals surface area contributed by atoms with Crippen molar-refractivity contribution >= 4 is 11.6 Å². The van der Waals surface area contributed by atoms with E-state index in [1.54, 1.807) is 7.11 Å². The second-order valence-electron chi connectivity index (χ2n) is 5.41. The largest absolute Gasteiger partial charge is 0.497 e. The van der Waals surface area contributed by atoms with Crippen molar-refractivity contribution in [3.8, 4) is 17.2 Å². The van der Waals surface area contributed by atoms with Crippen molar-refractivity contribution in [3.63, 3.8) is 0 Å². The Kier molecular flexibility index (Phi) is 3.67. The number of hydrogen-bond acceptors (Lipinski definition) is 3. The van der Waals surface area contributed by atoms with Gasteiger partial charge in [-0.1, -0.05) is 18.2 Å². The summed E-state index contributed by atoms with van der Waals surface area (Å²) in [6, 6.07) is 14.0. The van der Waals surface area contributed by atoms with E-state index in [2.05, 4.69) is 31.1 Å². The summed E-state index contributed by atoms with van der Waals surface area (Å²) in [5, 5.41) is 0. The standard InChI is InChI=1S/C18H19NO2/c1-19(2)12-14-10-13-6-4-5-7-17(13)21-18-9-8-15(20-3)11-16(14)18/h4-11H,12H2,1-3H3. The Bertz CT molecular complexity index is 689. The van der Waals surface area contributed by atoms with E-state index in [0.717, 1.165) is 34.9 Å². The van der Waals surface area contributed by atoms with Crippen molar-refractivity contribution < 1.29 is 9.47 Å². The number of methoxy groups -OCH3 is 1. The molecule has 1 heterocycles. The molecule has 1 aliphatic rings. The molecular formula is C18H19NO2. The van der Waals surface area contributed by atoms with Gasteiger partial charge >= 0.3 is 0 Å². The lowest BCUT2D eigenvalue weighted by atomic mass is 10.0. The Morgan fingerprint density at radius 2 is 1.86 bits per heavy atom. The van der Waals surface area contributed by atoms with Crippen LogP contribution in [-0.2, 0) is 0 Å². The minimum Gasteiger partial charge on any atom is -0.497 e. The van der Waals surface area contributed by atoms with E-state index in [-0.39, 0.29) is 0 Å². The molecule has 21 heavy (non-hydrogen) atoms. The molecule has 3 nitrogen and oxygen atoms in total. The van der Waals surface area contributed by atoms with Crippen LogP contribution in [0.1, 0.15) is 11.1 Å². The highest BCUT2D eigenvalue weighted by Gasteiger charge is 2.17. The molecular weight excluding hydrogens is 262 g/mol. The molecule has 3 heteroatoms. The Balaban J connectivity index is 2.17. The molecule has 0 radical (unpaired) electrons. The number of hydrogen-bond donors (Lipinski definition) is 0. The first-order chi connectivity index (χ1) is 10.2. The van der Waals surface area contributed by atoms with Crippen molar-refractivity contribution in [2.45, 2.75) is 0 Å². The lowest BCUT2D eigenvalue weighted by Crippen LogP contribution is -2.14. The molecule has 0 bridgehead atoms. The van der Waals surface area contributed by atoms with Gasteiger partial charge in [-0.15, -0.1) is 0 Å². The van der Waals surface area contributed by atoms with Crippen LogP contribution in [0.25, 0.3) is 11.6 Å². The van der Waals surface area contributed by atoms with E-state index >= 15 is 0 Å². The third-order valence-electron chi connectivity index (χ3n) is 3.49. The monoisotopic (exact) mass is 281 g/mol. The number of rotatable bonds is 3. The topological polar surface area (TPSA) is 21.7 Å². The van der Waals surface area contributed by atoms with E-state index in [1.807, 2.05) is 36.4 Å². The fraction of sp³-hybridized carbons (Fsp3) is 0.222. The zero-order valence-corrected chi connectivity index (χ0v) is 12.6. The normalized spacial score (nSPS) is 12.9. The first-order valence-electron chi connectivity index (χ1n) is 6.98. The molecule has 0 saturated heterocycles. The molecule has 0 aromatic heterocycles. The lowest BCUT2D eigenvalue weighted by molar-refractivity contribution is 0.412. The number of fused-ring (bicyclic) bond motifs is 2. The van der Waals surface area contributed by atoms with Crippen LogP contribution in [0.3, 0.4) is 0 Å². The molecule has 0 saturated carbocycles. The van der Waals surface area contributed by atoms with Crippen molar-refractivity contribution in [2.24, 2.45) is 0 Å². The minimum atomic E-state index is 0.841. The second-order valence-corrected chi connectivity index (χ2v) is 5.41. The highest BCUT2D eigenvalue weighted by molar-refractivity contribution is 5.88. The van der Waals surface area contributed by atoms with E-state index in [9.17, 15) is 0 Å². The molecule has 0 atom stereocenters. The number of likely N-dealkylation sites (N-methyl/N-ethyl adjacent to an activating group) is 1. The van der Waals surface area contributed by atoms with Gasteiger partial charge in [0.15, 0.2) is 0 Å². The molecule has 2 aromatic carbocycles. The fourth-order valence-electron chi connectivity index (χ4n) is 2.52. The maximum absolute atomic E-state index is 6.09. The van der Waals surface area contributed by atoms with E-state index in [0.29, 0.717) is 0 Å². The maximum atomic E-state index is 6.09. The predicted molar refractivity (Wildman–Crippen MR) is 85.9 cm³/mol. The summed E-state index contributed by atoms with van der Waals surface area (Å²) >= 11 is 0. The van der Waals surface area contributed by atoms with Crippen LogP contribution in [0.2, 0.25) is 0 Å². The first-order valence-corrected chi connectivity index (χ1v) is 6.98.